The van der Waals surface area contributed by atoms with Crippen LogP contribution in [-0.2, 0) is 24.2 Å². The molecular formula is C21H28N4O4. The number of aliphatic hydroxyl groups excluding tert-OH is 1. The number of aromatic nitrogens is 3. The van der Waals surface area contributed by atoms with Crippen LogP contribution in [0.15, 0.2) is 23.0 Å². The van der Waals surface area contributed by atoms with Crippen LogP contribution < -0.4 is 10.3 Å². The first-order valence-corrected chi connectivity index (χ1v) is 9.99. The molecule has 0 bridgehead atoms. The van der Waals surface area contributed by atoms with Gasteiger partial charge in [0.2, 0.25) is 5.91 Å². The molecule has 8 nitrogen and oxygen atoms in total. The fourth-order valence-electron chi connectivity index (χ4n) is 3.54. The molecule has 1 aromatic heterocycles. The number of hydrogen-bond acceptors (Lipinski definition) is 6. The number of amides is 1. The number of aromatic amines is 1. The Labute approximate surface area is 169 Å². The Balaban J connectivity index is 1.60. The number of H-pyrrole nitrogens is 1. The molecule has 8 heteroatoms. The molecule has 2 heterocycles. The molecule has 156 valence electrons. The zero-order valence-corrected chi connectivity index (χ0v) is 17.0. The maximum absolute atomic E-state index is 12.3. The third kappa shape index (κ3) is 5.41. The summed E-state index contributed by atoms with van der Waals surface area (Å²) in [6.45, 7) is 3.65. The highest BCUT2D eigenvalue weighted by molar-refractivity contribution is 5.76. The lowest BCUT2D eigenvalue weighted by Crippen LogP contribution is -2.38. The predicted molar refractivity (Wildman–Crippen MR) is 108 cm³/mol. The summed E-state index contributed by atoms with van der Waals surface area (Å²) in [4.78, 5) is 29.3. The van der Waals surface area contributed by atoms with Crippen LogP contribution in [0.4, 0.5) is 0 Å². The maximum atomic E-state index is 12.3. The maximum Gasteiger partial charge on any atom is 0.272 e. The summed E-state index contributed by atoms with van der Waals surface area (Å²) >= 11 is 0. The topological polar surface area (TPSA) is 108 Å². The molecule has 0 saturated carbocycles. The molecule has 1 saturated heterocycles. The van der Waals surface area contributed by atoms with E-state index in [0.29, 0.717) is 29.5 Å². The third-order valence-electron chi connectivity index (χ3n) is 5.41. The van der Waals surface area contributed by atoms with Crippen molar-refractivity contribution in [3.63, 3.8) is 0 Å². The van der Waals surface area contributed by atoms with Crippen LogP contribution in [0.1, 0.15) is 48.8 Å². The van der Waals surface area contributed by atoms with Crippen molar-refractivity contribution in [3.05, 3.63) is 51.2 Å². The largest absolute Gasteiger partial charge is 0.496 e. The average molecular weight is 400 g/mol. The zero-order valence-electron chi connectivity index (χ0n) is 17.0. The number of methoxy groups -OCH3 is 1. The molecule has 1 fully saturated rings. The molecule has 0 unspecified atom stereocenters. The van der Waals surface area contributed by atoms with Crippen molar-refractivity contribution in [2.75, 3.05) is 20.2 Å². The molecule has 1 aliphatic heterocycles. The second-order valence-electron chi connectivity index (χ2n) is 7.59. The number of carbonyl (C=O) groups excluding carboxylic acids is 1. The van der Waals surface area contributed by atoms with Crippen LogP contribution in [0.25, 0.3) is 0 Å². The van der Waals surface area contributed by atoms with Gasteiger partial charge in [-0.05, 0) is 36.5 Å². The van der Waals surface area contributed by atoms with Gasteiger partial charge in [0.25, 0.3) is 5.56 Å². The van der Waals surface area contributed by atoms with Crippen molar-refractivity contribution in [2.45, 2.75) is 45.6 Å². The van der Waals surface area contributed by atoms with Crippen molar-refractivity contribution in [2.24, 2.45) is 5.92 Å². The number of hydrogen-bond donors (Lipinski definition) is 2. The van der Waals surface area contributed by atoms with Crippen LogP contribution in [-0.4, -0.2) is 51.3 Å². The van der Waals surface area contributed by atoms with Gasteiger partial charge in [-0.15, -0.1) is 10.2 Å². The Morgan fingerprint density at radius 3 is 2.72 bits per heavy atom. The summed E-state index contributed by atoms with van der Waals surface area (Å²) in [6, 6.07) is 5.43. The smallest absolute Gasteiger partial charge is 0.272 e. The number of carbonyl (C=O) groups is 1. The second-order valence-corrected chi connectivity index (χ2v) is 7.59. The highest BCUT2D eigenvalue weighted by Crippen LogP contribution is 2.21. The Morgan fingerprint density at radius 1 is 1.31 bits per heavy atom. The van der Waals surface area contributed by atoms with E-state index in [0.717, 1.165) is 31.5 Å². The zero-order chi connectivity index (χ0) is 20.8. The highest BCUT2D eigenvalue weighted by atomic mass is 16.5. The van der Waals surface area contributed by atoms with Crippen LogP contribution in [0.3, 0.4) is 0 Å². The number of aryl methyl sites for hydroxylation is 1. The van der Waals surface area contributed by atoms with E-state index in [1.54, 1.807) is 13.2 Å². The number of aliphatic hydroxyl groups is 1. The summed E-state index contributed by atoms with van der Waals surface area (Å²) in [5.41, 5.74) is 1.51. The lowest BCUT2D eigenvalue weighted by Gasteiger charge is -2.30. The molecule has 0 radical (unpaired) electrons. The fraction of sp³-hybridized carbons (Fsp3) is 0.524. The molecule has 29 heavy (non-hydrogen) atoms. The Morgan fingerprint density at radius 2 is 2.07 bits per heavy atom. The van der Waals surface area contributed by atoms with Crippen LogP contribution in [0.2, 0.25) is 0 Å². The molecule has 0 aliphatic carbocycles. The number of ether oxygens (including phenoxy) is 1. The standard InChI is InChI=1S/C21H28N4O4/c1-14-7-9-25(10-8-14)20(27)6-4-17-21(28)22-19(24-23-17)12-15-3-5-18(29-2)16(11-15)13-26/h3,5,11,14,26H,4,6-10,12-13H2,1-2H3,(H,22,24,28). The number of benzene rings is 1. The minimum absolute atomic E-state index is 0.0666. The molecule has 1 amide bonds. The molecule has 2 aromatic rings. The Kier molecular flexibility index (Phi) is 6.98. The van der Waals surface area contributed by atoms with Crippen molar-refractivity contribution in [3.8, 4) is 5.75 Å². The van der Waals surface area contributed by atoms with E-state index in [1.165, 1.54) is 0 Å². The molecule has 3 rings (SSSR count). The van der Waals surface area contributed by atoms with Gasteiger partial charge < -0.3 is 19.7 Å². The number of nitrogens with zero attached hydrogens (tertiary/aromatic N) is 3. The fourth-order valence-corrected chi connectivity index (χ4v) is 3.54. The molecule has 1 aliphatic rings. The van der Waals surface area contributed by atoms with Gasteiger partial charge in [0.15, 0.2) is 0 Å². The van der Waals surface area contributed by atoms with Crippen LogP contribution >= 0.6 is 0 Å². The Hall–Kier alpha value is -2.74. The van der Waals surface area contributed by atoms with Crippen LogP contribution in [0, 0.1) is 5.92 Å². The van der Waals surface area contributed by atoms with E-state index in [4.69, 9.17) is 4.74 Å². The number of likely N-dealkylation sites (tertiary alicyclic amines) is 1. The first kappa shape index (κ1) is 21.0. The van der Waals surface area contributed by atoms with E-state index in [2.05, 4.69) is 22.1 Å². The van der Waals surface area contributed by atoms with E-state index in [9.17, 15) is 14.7 Å². The number of rotatable bonds is 7. The molecule has 2 N–H and O–H groups in total. The summed E-state index contributed by atoms with van der Waals surface area (Å²) < 4.78 is 5.19. The van der Waals surface area contributed by atoms with Crippen molar-refractivity contribution in [1.29, 1.82) is 0 Å². The SMILES string of the molecule is COc1ccc(Cc2nnc(CCC(=O)N3CCC(C)CC3)c(=O)[nH]2)cc1CO. The lowest BCUT2D eigenvalue weighted by atomic mass is 9.99. The van der Waals surface area contributed by atoms with Gasteiger partial charge in [-0.25, -0.2) is 0 Å². The van der Waals surface area contributed by atoms with Gasteiger partial charge in [0.1, 0.15) is 17.3 Å². The summed E-state index contributed by atoms with van der Waals surface area (Å²) in [5, 5.41) is 17.6. The molecule has 1 aromatic carbocycles. The lowest BCUT2D eigenvalue weighted by molar-refractivity contribution is -0.132. The van der Waals surface area contributed by atoms with Crippen molar-refractivity contribution >= 4 is 5.91 Å². The summed E-state index contributed by atoms with van der Waals surface area (Å²) in [6.07, 6.45) is 2.99. The first-order chi connectivity index (χ1) is 14.0. The molecule has 0 spiro atoms. The Bertz CT molecular complexity index is 904. The van der Waals surface area contributed by atoms with Gasteiger partial charge >= 0.3 is 0 Å². The summed E-state index contributed by atoms with van der Waals surface area (Å²) in [5.74, 6) is 1.78. The van der Waals surface area contributed by atoms with Gasteiger partial charge in [0.05, 0.1) is 13.7 Å². The minimum Gasteiger partial charge on any atom is -0.496 e. The average Bonchev–Trinajstić information content (AvgIpc) is 2.73. The predicted octanol–water partition coefficient (Wildman–Crippen LogP) is 1.45. The van der Waals surface area contributed by atoms with Gasteiger partial charge in [-0.3, -0.25) is 9.59 Å². The molecule has 0 atom stereocenters. The highest BCUT2D eigenvalue weighted by Gasteiger charge is 2.20. The summed E-state index contributed by atoms with van der Waals surface area (Å²) in [7, 11) is 1.55. The van der Waals surface area contributed by atoms with E-state index in [1.807, 2.05) is 17.0 Å². The third-order valence-corrected chi connectivity index (χ3v) is 5.41. The first-order valence-electron chi connectivity index (χ1n) is 9.99. The number of piperidine rings is 1. The van der Waals surface area contributed by atoms with Crippen molar-refractivity contribution in [1.82, 2.24) is 20.1 Å². The van der Waals surface area contributed by atoms with E-state index < -0.39 is 0 Å². The normalized spacial score (nSPS) is 14.8. The quantitative estimate of drug-likeness (QED) is 0.728. The second kappa shape index (κ2) is 9.65. The minimum atomic E-state index is -0.314. The van der Waals surface area contributed by atoms with Gasteiger partial charge in [0, 0.05) is 37.9 Å². The van der Waals surface area contributed by atoms with E-state index in [-0.39, 0.29) is 36.6 Å². The van der Waals surface area contributed by atoms with Crippen molar-refractivity contribution < 1.29 is 14.6 Å². The van der Waals surface area contributed by atoms with Gasteiger partial charge in [-0.2, -0.15) is 0 Å². The van der Waals surface area contributed by atoms with E-state index >= 15 is 0 Å². The van der Waals surface area contributed by atoms with Gasteiger partial charge in [-0.1, -0.05) is 13.0 Å². The monoisotopic (exact) mass is 400 g/mol. The number of nitrogens with one attached hydrogen (secondary N) is 1. The van der Waals surface area contributed by atoms with Crippen LogP contribution in [0.5, 0.6) is 5.75 Å². The molecular weight excluding hydrogens is 372 g/mol.